The molecule has 13 heteroatoms. The Balaban J connectivity index is 2.42. The van der Waals surface area contributed by atoms with Crippen molar-refractivity contribution in [3.8, 4) is 0 Å². The van der Waals surface area contributed by atoms with Crippen LogP contribution in [-0.2, 0) is 28.9 Å². The number of carbonyl (C=O) groups is 1. The lowest BCUT2D eigenvalue weighted by molar-refractivity contribution is -0.298. The van der Waals surface area contributed by atoms with Crippen molar-refractivity contribution in [3.63, 3.8) is 0 Å². The summed E-state index contributed by atoms with van der Waals surface area (Å²) in [6, 6.07) is -0.944. The Labute approximate surface area is 397 Å². The van der Waals surface area contributed by atoms with Gasteiger partial charge in [0.25, 0.3) is 0 Å². The first kappa shape index (κ1) is 61.6. The number of allylic oxidation sites excluding steroid dienone is 3. The fourth-order valence-corrected chi connectivity index (χ4v) is 9.08. The van der Waals surface area contributed by atoms with E-state index in [1.54, 1.807) is 6.08 Å². The largest absolute Gasteiger partial charge is 0.397 e. The van der Waals surface area contributed by atoms with Crippen molar-refractivity contribution < 1.29 is 51.8 Å². The predicted molar refractivity (Wildman–Crippen MR) is 264 cm³/mol. The number of aliphatic hydroxyl groups is 4. The van der Waals surface area contributed by atoms with Gasteiger partial charge in [0.2, 0.25) is 5.91 Å². The molecule has 0 aromatic carbocycles. The van der Waals surface area contributed by atoms with Crippen LogP contribution in [0.15, 0.2) is 24.3 Å². The van der Waals surface area contributed by atoms with Gasteiger partial charge in [-0.15, -0.1) is 0 Å². The first-order chi connectivity index (χ1) is 31.5. The van der Waals surface area contributed by atoms with E-state index in [1.807, 2.05) is 6.08 Å². The van der Waals surface area contributed by atoms with Crippen LogP contribution in [-0.4, -0.2) is 95.4 Å². The molecule has 1 fully saturated rings. The molecular formula is C52H99NO11S. The minimum atomic E-state index is -5.09. The molecule has 65 heavy (non-hydrogen) atoms. The Morgan fingerprint density at radius 1 is 0.600 bits per heavy atom. The molecule has 1 saturated heterocycles. The summed E-state index contributed by atoms with van der Waals surface area (Å²) in [6.45, 7) is 3.41. The Bertz CT molecular complexity index is 1250. The van der Waals surface area contributed by atoms with Crippen LogP contribution in [0.25, 0.3) is 0 Å². The third kappa shape index (κ3) is 35.4. The molecule has 12 nitrogen and oxygen atoms in total. The Morgan fingerprint density at radius 3 is 1.38 bits per heavy atom. The first-order valence-corrected chi connectivity index (χ1v) is 28.1. The molecule has 384 valence electrons. The highest BCUT2D eigenvalue weighted by Gasteiger charge is 2.48. The lowest BCUT2D eigenvalue weighted by atomic mass is 9.99. The number of amides is 1. The van der Waals surface area contributed by atoms with E-state index >= 15 is 0 Å². The van der Waals surface area contributed by atoms with E-state index in [9.17, 15) is 38.2 Å². The van der Waals surface area contributed by atoms with Crippen LogP contribution in [0.4, 0.5) is 0 Å². The molecule has 7 atom stereocenters. The summed E-state index contributed by atoms with van der Waals surface area (Å²) in [5, 5.41) is 44.8. The molecule has 0 aromatic rings. The maximum Gasteiger partial charge on any atom is 0.397 e. The van der Waals surface area contributed by atoms with Crippen molar-refractivity contribution in [2.24, 2.45) is 0 Å². The van der Waals surface area contributed by atoms with Crippen LogP contribution < -0.4 is 5.32 Å². The molecule has 0 aromatic heterocycles. The minimum Gasteiger partial charge on any atom is -0.394 e. The van der Waals surface area contributed by atoms with Gasteiger partial charge < -0.3 is 35.2 Å². The van der Waals surface area contributed by atoms with Crippen molar-refractivity contribution >= 4 is 16.3 Å². The van der Waals surface area contributed by atoms with Crippen molar-refractivity contribution in [2.75, 3.05) is 13.2 Å². The molecule has 0 bridgehead atoms. The molecule has 0 aliphatic carbocycles. The Morgan fingerprint density at radius 2 is 0.985 bits per heavy atom. The smallest absolute Gasteiger partial charge is 0.394 e. The van der Waals surface area contributed by atoms with Gasteiger partial charge in [0.15, 0.2) is 6.29 Å². The third-order valence-corrected chi connectivity index (χ3v) is 13.2. The highest BCUT2D eigenvalue weighted by Crippen LogP contribution is 2.26. The molecule has 7 unspecified atom stereocenters. The molecule has 1 heterocycles. The summed E-state index contributed by atoms with van der Waals surface area (Å²) in [5.41, 5.74) is 0. The molecular weight excluding hydrogens is 847 g/mol. The minimum absolute atomic E-state index is 0.265. The SMILES string of the molecule is CCCCCCCCCCCCC/C=C\CCCCCCCCCC(=O)NC(COC1OC(CO)C(O)C(OS(=O)(=O)O)C1O)C(O)/C=C/CCCCCCCCCCCCCCCC. The van der Waals surface area contributed by atoms with Gasteiger partial charge in [0, 0.05) is 6.42 Å². The van der Waals surface area contributed by atoms with Gasteiger partial charge in [-0.1, -0.05) is 218 Å². The van der Waals surface area contributed by atoms with Gasteiger partial charge in [-0.05, 0) is 44.9 Å². The van der Waals surface area contributed by atoms with Gasteiger partial charge in [0.05, 0.1) is 25.4 Å². The second kappa shape index (κ2) is 42.7. The molecule has 0 radical (unpaired) electrons. The number of aliphatic hydroxyl groups excluding tert-OH is 4. The van der Waals surface area contributed by atoms with E-state index in [1.165, 1.54) is 173 Å². The maximum atomic E-state index is 13.1. The second-order valence-corrected chi connectivity index (χ2v) is 19.9. The molecule has 6 N–H and O–H groups in total. The third-order valence-electron chi connectivity index (χ3n) is 12.7. The van der Waals surface area contributed by atoms with Gasteiger partial charge in [-0.3, -0.25) is 9.35 Å². The number of rotatable bonds is 46. The summed E-state index contributed by atoms with van der Waals surface area (Å²) in [6.07, 6.45) is 42.1. The van der Waals surface area contributed by atoms with Crippen molar-refractivity contribution in [1.82, 2.24) is 5.32 Å². The number of carbonyl (C=O) groups excluding carboxylic acids is 1. The fraction of sp³-hybridized carbons (Fsp3) is 0.904. The molecule has 1 aliphatic heterocycles. The lowest BCUT2D eigenvalue weighted by Crippen LogP contribution is -2.61. The van der Waals surface area contributed by atoms with Gasteiger partial charge in [-0.25, -0.2) is 4.18 Å². The number of hydrogen-bond acceptors (Lipinski definition) is 10. The zero-order chi connectivity index (χ0) is 47.6. The van der Waals surface area contributed by atoms with Gasteiger partial charge in [0.1, 0.15) is 24.4 Å². The second-order valence-electron chi connectivity index (χ2n) is 18.8. The summed E-state index contributed by atoms with van der Waals surface area (Å²) < 4.78 is 47.7. The number of unbranched alkanes of at least 4 members (excludes halogenated alkanes) is 32. The van der Waals surface area contributed by atoms with Crippen LogP contribution in [0.5, 0.6) is 0 Å². The Hall–Kier alpha value is -1.42. The van der Waals surface area contributed by atoms with Crippen molar-refractivity contribution in [3.05, 3.63) is 24.3 Å². The fourth-order valence-electron chi connectivity index (χ4n) is 8.57. The van der Waals surface area contributed by atoms with Gasteiger partial charge in [-0.2, -0.15) is 8.42 Å². The predicted octanol–water partition coefficient (Wildman–Crippen LogP) is 11.7. The van der Waals surface area contributed by atoms with E-state index in [4.69, 9.17) is 9.47 Å². The molecule has 1 aliphatic rings. The van der Waals surface area contributed by atoms with Gasteiger partial charge >= 0.3 is 10.4 Å². The highest BCUT2D eigenvalue weighted by molar-refractivity contribution is 7.80. The molecule has 0 spiro atoms. The zero-order valence-corrected chi connectivity index (χ0v) is 42.1. The first-order valence-electron chi connectivity index (χ1n) is 26.7. The highest BCUT2D eigenvalue weighted by atomic mass is 32.3. The van der Waals surface area contributed by atoms with Crippen LogP contribution in [0, 0.1) is 0 Å². The average molecular weight is 946 g/mol. The average Bonchev–Trinajstić information content (AvgIpc) is 3.28. The summed E-state index contributed by atoms with van der Waals surface area (Å²) >= 11 is 0. The van der Waals surface area contributed by atoms with Crippen LogP contribution in [0.3, 0.4) is 0 Å². The van der Waals surface area contributed by atoms with E-state index in [0.717, 1.165) is 44.9 Å². The van der Waals surface area contributed by atoms with Crippen LogP contribution in [0.1, 0.15) is 245 Å². The van der Waals surface area contributed by atoms with E-state index in [2.05, 4.69) is 35.5 Å². The monoisotopic (exact) mass is 946 g/mol. The Kier molecular flexibility index (Phi) is 40.4. The number of ether oxygens (including phenoxy) is 2. The van der Waals surface area contributed by atoms with E-state index < -0.39 is 59.9 Å². The quantitative estimate of drug-likeness (QED) is 0.0193. The maximum absolute atomic E-state index is 13.1. The molecule has 1 amide bonds. The van der Waals surface area contributed by atoms with E-state index in [-0.39, 0.29) is 18.9 Å². The lowest BCUT2D eigenvalue weighted by Gasteiger charge is -2.41. The molecule has 1 rings (SSSR count). The summed E-state index contributed by atoms with van der Waals surface area (Å²) in [4.78, 5) is 13.1. The van der Waals surface area contributed by atoms with Crippen molar-refractivity contribution in [1.29, 1.82) is 0 Å². The summed E-state index contributed by atoms with van der Waals surface area (Å²) in [5.74, 6) is -0.265. The van der Waals surface area contributed by atoms with Crippen molar-refractivity contribution in [2.45, 2.75) is 288 Å². The zero-order valence-electron chi connectivity index (χ0n) is 41.3. The topological polar surface area (TPSA) is 192 Å². The standard InChI is InChI=1S/C52H99NO11S/c1-3-5-7-9-11-13-15-17-19-21-22-23-24-25-26-28-30-32-34-36-38-40-42-48(56)53-45(44-62-52-50(58)51(64-65(59,60)61)49(57)47(43-54)63-52)46(55)41-39-37-35-33-31-29-27-20-18-16-14-12-10-8-6-4-2/h24-25,39,41,45-47,49-52,54-55,57-58H,3-23,26-38,40,42-44H2,1-2H3,(H,53,56)(H,59,60,61)/b25-24-,41-39+. The molecule has 0 saturated carbocycles. The number of nitrogens with one attached hydrogen (secondary N) is 1. The normalized spacial score (nSPS) is 20.3. The van der Waals surface area contributed by atoms with E-state index in [0.29, 0.717) is 6.42 Å². The van der Waals surface area contributed by atoms with Crippen LogP contribution in [0.2, 0.25) is 0 Å². The summed E-state index contributed by atoms with van der Waals surface area (Å²) in [7, 11) is -5.09. The van der Waals surface area contributed by atoms with Crippen LogP contribution >= 0.6 is 0 Å². The number of hydrogen-bond donors (Lipinski definition) is 6.